The highest BCUT2D eigenvalue weighted by Gasteiger charge is 2.28. The lowest BCUT2D eigenvalue weighted by molar-refractivity contribution is 0.0989. The Morgan fingerprint density at radius 1 is 1.04 bits per heavy atom. The maximum Gasteiger partial charge on any atom is 0.263 e. The van der Waals surface area contributed by atoms with Crippen molar-refractivity contribution in [2.45, 2.75) is 26.5 Å². The number of rotatable bonds is 7. The van der Waals surface area contributed by atoms with Crippen LogP contribution < -0.4 is 9.04 Å². The number of carbonyl (C=O) groups is 1. The summed E-state index contributed by atoms with van der Waals surface area (Å²) in [6.07, 6.45) is -1.47. The van der Waals surface area contributed by atoms with Gasteiger partial charge in [-0.1, -0.05) is 37.3 Å². The molecule has 8 nitrogen and oxygen atoms in total. The van der Waals surface area contributed by atoms with Crippen molar-refractivity contribution in [3.05, 3.63) is 89.7 Å². The Kier molecular flexibility index (Phi) is 6.93. The highest BCUT2D eigenvalue weighted by Crippen LogP contribution is 2.44. The number of pyridine rings is 1. The first-order chi connectivity index (χ1) is 22.0. The van der Waals surface area contributed by atoms with Crippen LogP contribution in [0.5, 0.6) is 5.75 Å². The molecule has 0 saturated carbocycles. The van der Waals surface area contributed by atoms with Gasteiger partial charge in [-0.25, -0.2) is 26.6 Å². The largest absolute Gasteiger partial charge is 0.470 e. The molecule has 0 unspecified atom stereocenters. The highest BCUT2D eigenvalue weighted by molar-refractivity contribution is 7.92. The van der Waals surface area contributed by atoms with Gasteiger partial charge in [0.15, 0.2) is 12.5 Å². The third-order valence-electron chi connectivity index (χ3n) is 8.29. The number of carbonyl (C=O) groups excluding carboxylic acids is 1. The number of Topliss-reactive ketones (excluding diaryl/α,β-unsaturated/α-hetero) is 1. The molecule has 3 aromatic carbocycles. The van der Waals surface area contributed by atoms with Gasteiger partial charge in [0.2, 0.25) is 10.0 Å². The minimum Gasteiger partial charge on any atom is -0.470 e. The number of ketones is 1. The van der Waals surface area contributed by atoms with Crippen molar-refractivity contribution in [2.24, 2.45) is 0 Å². The summed E-state index contributed by atoms with van der Waals surface area (Å²) < 4.78 is 81.9. The summed E-state index contributed by atoms with van der Waals surface area (Å²) in [5, 5.41) is 0.822. The van der Waals surface area contributed by atoms with Crippen molar-refractivity contribution in [2.75, 3.05) is 17.6 Å². The van der Waals surface area contributed by atoms with Crippen molar-refractivity contribution in [3.63, 3.8) is 0 Å². The number of halogens is 3. The van der Waals surface area contributed by atoms with Crippen molar-refractivity contribution in [1.29, 1.82) is 0 Å². The number of alkyl halides is 2. The Hall–Kier alpha value is -5.10. The predicted octanol–water partition coefficient (Wildman–Crippen LogP) is 8.20. The lowest BCUT2D eigenvalue weighted by Crippen LogP contribution is -2.25. The van der Waals surface area contributed by atoms with Gasteiger partial charge in [-0.05, 0) is 36.4 Å². The maximum atomic E-state index is 14.7. The topological polar surface area (TPSA) is 94.6 Å². The van der Waals surface area contributed by atoms with Gasteiger partial charge in [0.1, 0.15) is 28.6 Å². The van der Waals surface area contributed by atoms with E-state index in [0.717, 1.165) is 10.6 Å². The molecule has 7 rings (SSSR count). The highest BCUT2D eigenvalue weighted by atomic mass is 32.2. The number of ether oxygens (including phenoxy) is 1. The van der Waals surface area contributed by atoms with Crippen LogP contribution in [0.15, 0.2) is 77.2 Å². The van der Waals surface area contributed by atoms with Gasteiger partial charge < -0.3 is 13.7 Å². The number of nitrogens with zero attached hydrogens (tertiary/aromatic N) is 3. The molecule has 0 spiro atoms. The number of fused-ring (bicyclic) bond motifs is 6. The van der Waals surface area contributed by atoms with Crippen molar-refractivity contribution in [1.82, 2.24) is 9.55 Å². The molecule has 0 fully saturated rings. The van der Waals surface area contributed by atoms with Crippen LogP contribution in [-0.4, -0.2) is 37.1 Å². The maximum absolute atomic E-state index is 14.7. The second-order valence-electron chi connectivity index (χ2n) is 11.0. The summed E-state index contributed by atoms with van der Waals surface area (Å²) in [5.41, 5.74) is 3.40. The van der Waals surface area contributed by atoms with Crippen LogP contribution in [0.1, 0.15) is 35.7 Å². The van der Waals surface area contributed by atoms with Gasteiger partial charge in [0, 0.05) is 47.0 Å². The quantitative estimate of drug-likeness (QED) is 0.163. The zero-order valence-corrected chi connectivity index (χ0v) is 25.7. The van der Waals surface area contributed by atoms with E-state index in [1.54, 1.807) is 43.3 Å². The van der Waals surface area contributed by atoms with E-state index in [9.17, 15) is 26.4 Å². The van der Waals surface area contributed by atoms with E-state index in [-0.39, 0.29) is 52.9 Å². The molecule has 4 heterocycles. The first-order valence-corrected chi connectivity index (χ1v) is 16.2. The van der Waals surface area contributed by atoms with Crippen LogP contribution in [0.25, 0.3) is 55.8 Å². The Labute approximate surface area is 261 Å². The second kappa shape index (κ2) is 10.8. The number of aromatic nitrogens is 2. The average Bonchev–Trinajstić information content (AvgIpc) is 3.62. The van der Waals surface area contributed by atoms with E-state index in [1.807, 2.05) is 4.57 Å². The molecule has 3 aromatic heterocycles. The molecule has 234 valence electrons. The third kappa shape index (κ3) is 4.71. The number of hydrogen-bond donors (Lipinski definition) is 0. The monoisotopic (exact) mass is 645 g/mol. The molecule has 0 aliphatic carbocycles. The molecule has 0 radical (unpaired) electrons. The molecule has 1 aliphatic rings. The van der Waals surface area contributed by atoms with Crippen molar-refractivity contribution < 1.29 is 35.5 Å². The van der Waals surface area contributed by atoms with Crippen LogP contribution in [0.2, 0.25) is 0 Å². The number of hydrogen-bond acceptors (Lipinski definition) is 6. The SMILES string of the molecule is CCC(=O)c1c(-c2ccc(C(F)F)cc2)oc2cc(N(C)S(C)(=O)=O)c(-c3ccc4c(n3)-c3cc5c(F)cccc5n3CO4)cc12. The van der Waals surface area contributed by atoms with E-state index in [0.29, 0.717) is 50.2 Å². The summed E-state index contributed by atoms with van der Waals surface area (Å²) in [4.78, 5) is 18.3. The second-order valence-corrected chi connectivity index (χ2v) is 13.1. The normalized spacial score (nSPS) is 12.8. The minimum atomic E-state index is -3.78. The molecular formula is C34H26F3N3O5S. The number of anilines is 1. The Bertz CT molecular complexity index is 2310. The van der Waals surface area contributed by atoms with Crippen molar-refractivity contribution in [3.8, 4) is 39.7 Å². The minimum absolute atomic E-state index is 0.132. The zero-order chi connectivity index (χ0) is 32.5. The molecule has 0 N–H and O–H groups in total. The molecule has 46 heavy (non-hydrogen) atoms. The van der Waals surface area contributed by atoms with Gasteiger partial charge in [0.05, 0.1) is 34.4 Å². The number of sulfonamides is 1. The first-order valence-electron chi connectivity index (χ1n) is 14.3. The van der Waals surface area contributed by atoms with E-state index in [2.05, 4.69) is 0 Å². The fraction of sp³-hybridized carbons (Fsp3) is 0.176. The van der Waals surface area contributed by atoms with Crippen LogP contribution in [0.3, 0.4) is 0 Å². The predicted molar refractivity (Wildman–Crippen MR) is 169 cm³/mol. The standard InChI is InChI=1S/C34H26F3N3O5S/c1-4-28(41)31-22-14-21(24-12-13-29-32(38-24)27-15-20-23(35)6-5-7-25(20)40(27)17-44-29)26(39(2)46(3,42)43)16-30(22)45-33(31)18-8-10-19(11-9-18)34(36)37/h5-16,34H,4,17H2,1-3H3. The van der Waals surface area contributed by atoms with Gasteiger partial charge in [-0.15, -0.1) is 0 Å². The van der Waals surface area contributed by atoms with E-state index in [1.165, 1.54) is 43.4 Å². The number of furan rings is 1. The van der Waals surface area contributed by atoms with E-state index < -0.39 is 16.4 Å². The first kappa shape index (κ1) is 29.6. The summed E-state index contributed by atoms with van der Waals surface area (Å²) in [5.74, 6) is 0.0249. The lowest BCUT2D eigenvalue weighted by Gasteiger charge is -2.23. The Morgan fingerprint density at radius 2 is 1.80 bits per heavy atom. The van der Waals surface area contributed by atoms with Crippen molar-refractivity contribution >= 4 is 43.4 Å². The van der Waals surface area contributed by atoms with Crippen LogP contribution in [0, 0.1) is 5.82 Å². The molecule has 0 saturated heterocycles. The molecule has 0 bridgehead atoms. The van der Waals surface area contributed by atoms with Gasteiger partial charge in [-0.3, -0.25) is 9.10 Å². The average molecular weight is 646 g/mol. The fourth-order valence-electron chi connectivity index (χ4n) is 5.83. The lowest BCUT2D eigenvalue weighted by atomic mass is 9.97. The summed E-state index contributed by atoms with van der Waals surface area (Å²) in [6.45, 7) is 1.85. The van der Waals surface area contributed by atoms with Gasteiger partial charge in [0.25, 0.3) is 6.43 Å². The smallest absolute Gasteiger partial charge is 0.263 e. The molecule has 1 aliphatic heterocycles. The molecule has 0 atom stereocenters. The van der Waals surface area contributed by atoms with Crippen LogP contribution >= 0.6 is 0 Å². The summed E-state index contributed by atoms with van der Waals surface area (Å²) in [6, 6.07) is 18.5. The molecule has 0 amide bonds. The summed E-state index contributed by atoms with van der Waals surface area (Å²) >= 11 is 0. The van der Waals surface area contributed by atoms with Crippen LogP contribution in [0.4, 0.5) is 18.9 Å². The third-order valence-corrected chi connectivity index (χ3v) is 9.48. The molecule has 12 heteroatoms. The Balaban J connectivity index is 1.47. The van der Waals surface area contributed by atoms with Gasteiger partial charge >= 0.3 is 0 Å². The van der Waals surface area contributed by atoms with E-state index in [4.69, 9.17) is 14.1 Å². The molecule has 6 aromatic rings. The Morgan fingerprint density at radius 3 is 2.50 bits per heavy atom. The van der Waals surface area contributed by atoms with Gasteiger partial charge in [-0.2, -0.15) is 0 Å². The van der Waals surface area contributed by atoms with E-state index >= 15 is 0 Å². The summed E-state index contributed by atoms with van der Waals surface area (Å²) in [7, 11) is -2.38. The fourth-order valence-corrected chi connectivity index (χ4v) is 6.34. The van der Waals surface area contributed by atoms with Crippen LogP contribution in [-0.2, 0) is 16.8 Å². The number of benzene rings is 3. The molecular weight excluding hydrogens is 619 g/mol. The zero-order valence-electron chi connectivity index (χ0n) is 24.8.